The van der Waals surface area contributed by atoms with Crippen molar-refractivity contribution in [1.29, 1.82) is 0 Å². The van der Waals surface area contributed by atoms with Crippen LogP contribution in [0.3, 0.4) is 0 Å². The normalized spacial score (nSPS) is 23.1. The topological polar surface area (TPSA) is 72.9 Å². The zero-order chi connectivity index (χ0) is 15.2. The maximum Gasteiger partial charge on any atom is 0.279 e. The first-order chi connectivity index (χ1) is 9.42. The molecule has 0 bridgehead atoms. The van der Waals surface area contributed by atoms with Gasteiger partial charge in [0.15, 0.2) is 0 Å². The van der Waals surface area contributed by atoms with Gasteiger partial charge in [0.05, 0.1) is 6.61 Å². The Morgan fingerprint density at radius 3 is 2.75 bits per heavy atom. The third-order valence-electron chi connectivity index (χ3n) is 4.18. The van der Waals surface area contributed by atoms with Gasteiger partial charge < -0.3 is 10.0 Å². The lowest BCUT2D eigenvalue weighted by molar-refractivity contribution is 0.153. The van der Waals surface area contributed by atoms with E-state index in [9.17, 15) is 13.5 Å². The van der Waals surface area contributed by atoms with Crippen LogP contribution < -0.4 is 4.72 Å². The van der Waals surface area contributed by atoms with Crippen LogP contribution in [0.1, 0.15) is 39.5 Å². The second-order valence-corrected chi connectivity index (χ2v) is 7.29. The van der Waals surface area contributed by atoms with Gasteiger partial charge in [-0.3, -0.25) is 0 Å². The average molecular weight is 307 g/mol. The molecule has 1 aliphatic rings. The van der Waals surface area contributed by atoms with Gasteiger partial charge in [-0.15, -0.1) is 0 Å². The van der Waals surface area contributed by atoms with E-state index in [1.807, 2.05) is 7.05 Å². The van der Waals surface area contributed by atoms with Gasteiger partial charge in [0.1, 0.15) is 0 Å². The Labute approximate surface area is 123 Å². The van der Waals surface area contributed by atoms with Crippen LogP contribution in [-0.2, 0) is 10.2 Å². The number of likely N-dealkylation sites (N-methyl/N-ethyl adjacent to an activating group) is 1. The number of hydrogen-bond acceptors (Lipinski definition) is 4. The number of rotatable bonds is 8. The van der Waals surface area contributed by atoms with Crippen LogP contribution in [0.25, 0.3) is 0 Å². The van der Waals surface area contributed by atoms with Crippen molar-refractivity contribution < 1.29 is 13.5 Å². The molecule has 0 aliphatic carbocycles. The van der Waals surface area contributed by atoms with E-state index in [2.05, 4.69) is 23.5 Å². The van der Waals surface area contributed by atoms with Crippen molar-refractivity contribution in [1.82, 2.24) is 13.9 Å². The minimum absolute atomic E-state index is 0.103. The number of hydrogen-bond donors (Lipinski definition) is 2. The number of nitrogens with one attached hydrogen (secondary N) is 1. The Bertz CT molecular complexity index is 375. The third kappa shape index (κ3) is 4.96. The number of nitrogens with zero attached hydrogens (tertiary/aromatic N) is 2. The molecule has 2 N–H and O–H groups in total. The highest BCUT2D eigenvalue weighted by Crippen LogP contribution is 2.19. The SMILES string of the molecule is CCC(C)N(C)CCNS(=O)(=O)N1CCCCC1CO. The summed E-state index contributed by atoms with van der Waals surface area (Å²) in [6.45, 7) is 5.73. The molecule has 0 amide bonds. The predicted molar refractivity (Wildman–Crippen MR) is 80.7 cm³/mol. The molecular formula is C13H29N3O3S. The fraction of sp³-hybridized carbons (Fsp3) is 1.00. The fourth-order valence-corrected chi connectivity index (χ4v) is 3.89. The summed E-state index contributed by atoms with van der Waals surface area (Å²) in [5.74, 6) is 0. The van der Waals surface area contributed by atoms with Crippen molar-refractivity contribution in [2.75, 3.05) is 33.3 Å². The minimum atomic E-state index is -3.48. The van der Waals surface area contributed by atoms with Gasteiger partial charge >= 0.3 is 0 Å². The fourth-order valence-electron chi connectivity index (χ4n) is 2.44. The maximum atomic E-state index is 12.3. The van der Waals surface area contributed by atoms with E-state index >= 15 is 0 Å². The highest BCUT2D eigenvalue weighted by molar-refractivity contribution is 7.87. The summed E-state index contributed by atoms with van der Waals surface area (Å²) in [6.07, 6.45) is 3.63. The molecule has 2 atom stereocenters. The summed E-state index contributed by atoms with van der Waals surface area (Å²) in [5.41, 5.74) is 0. The van der Waals surface area contributed by atoms with Crippen molar-refractivity contribution in [3.05, 3.63) is 0 Å². The van der Waals surface area contributed by atoms with Crippen LogP contribution in [-0.4, -0.2) is 68.1 Å². The van der Waals surface area contributed by atoms with Crippen molar-refractivity contribution in [3.63, 3.8) is 0 Å². The van der Waals surface area contributed by atoms with Gasteiger partial charge in [-0.25, -0.2) is 4.72 Å². The molecular weight excluding hydrogens is 278 g/mol. The zero-order valence-electron chi connectivity index (χ0n) is 12.9. The van der Waals surface area contributed by atoms with Crippen LogP contribution in [0.5, 0.6) is 0 Å². The number of aliphatic hydroxyl groups is 1. The summed E-state index contributed by atoms with van der Waals surface area (Å²) in [4.78, 5) is 2.14. The standard InChI is InChI=1S/C13H29N3O3S/c1-4-12(2)15(3)10-8-14-20(18,19)16-9-6-5-7-13(16)11-17/h12-14,17H,4-11H2,1-3H3. The Kier molecular flexibility index (Phi) is 7.39. The van der Waals surface area contributed by atoms with E-state index in [-0.39, 0.29) is 12.6 Å². The second-order valence-electron chi connectivity index (χ2n) is 5.58. The molecule has 1 saturated heterocycles. The Hall–Kier alpha value is -0.210. The Balaban J connectivity index is 2.48. The molecule has 1 rings (SSSR count). The summed E-state index contributed by atoms with van der Waals surface area (Å²) in [5, 5.41) is 9.30. The first-order valence-electron chi connectivity index (χ1n) is 7.50. The molecule has 1 fully saturated rings. The van der Waals surface area contributed by atoms with Crippen LogP contribution in [0.15, 0.2) is 0 Å². The summed E-state index contributed by atoms with van der Waals surface area (Å²) in [7, 11) is -1.48. The molecule has 0 aromatic rings. The quantitative estimate of drug-likeness (QED) is 0.681. The predicted octanol–water partition coefficient (Wildman–Crippen LogP) is 0.398. The highest BCUT2D eigenvalue weighted by Gasteiger charge is 2.31. The third-order valence-corrected chi connectivity index (χ3v) is 5.85. The number of aliphatic hydroxyl groups excluding tert-OH is 1. The molecule has 0 aromatic heterocycles. The molecule has 0 spiro atoms. The highest BCUT2D eigenvalue weighted by atomic mass is 32.2. The molecule has 0 aromatic carbocycles. The van der Waals surface area contributed by atoms with Crippen LogP contribution in [0.2, 0.25) is 0 Å². The number of piperidine rings is 1. The molecule has 1 heterocycles. The summed E-state index contributed by atoms with van der Waals surface area (Å²) < 4.78 is 28.6. The molecule has 1 aliphatic heterocycles. The summed E-state index contributed by atoms with van der Waals surface area (Å²) >= 11 is 0. The van der Waals surface area contributed by atoms with Gasteiger partial charge in [0.2, 0.25) is 0 Å². The van der Waals surface area contributed by atoms with E-state index in [0.717, 1.165) is 25.7 Å². The van der Waals surface area contributed by atoms with Gasteiger partial charge in [-0.05, 0) is 33.2 Å². The second kappa shape index (κ2) is 8.29. The Morgan fingerprint density at radius 1 is 1.45 bits per heavy atom. The zero-order valence-corrected chi connectivity index (χ0v) is 13.7. The monoisotopic (exact) mass is 307 g/mol. The van der Waals surface area contributed by atoms with Gasteiger partial charge in [0, 0.05) is 31.7 Å². The van der Waals surface area contributed by atoms with Crippen molar-refractivity contribution in [2.24, 2.45) is 0 Å². The lowest BCUT2D eigenvalue weighted by atomic mass is 10.1. The Morgan fingerprint density at radius 2 is 2.15 bits per heavy atom. The van der Waals surface area contributed by atoms with Crippen LogP contribution in [0, 0.1) is 0 Å². The van der Waals surface area contributed by atoms with Crippen LogP contribution in [0.4, 0.5) is 0 Å². The first-order valence-corrected chi connectivity index (χ1v) is 8.94. The van der Waals surface area contributed by atoms with E-state index in [0.29, 0.717) is 25.7 Å². The molecule has 0 saturated carbocycles. The lowest BCUT2D eigenvalue weighted by Gasteiger charge is -2.33. The van der Waals surface area contributed by atoms with E-state index < -0.39 is 10.2 Å². The minimum Gasteiger partial charge on any atom is -0.395 e. The molecule has 7 heteroatoms. The van der Waals surface area contributed by atoms with Gasteiger partial charge in [-0.2, -0.15) is 12.7 Å². The molecule has 2 unspecified atom stereocenters. The van der Waals surface area contributed by atoms with E-state index in [1.54, 1.807) is 0 Å². The molecule has 20 heavy (non-hydrogen) atoms. The summed E-state index contributed by atoms with van der Waals surface area (Å²) in [6, 6.07) is 0.174. The molecule has 0 radical (unpaired) electrons. The average Bonchev–Trinajstić information content (AvgIpc) is 2.45. The van der Waals surface area contributed by atoms with Crippen molar-refractivity contribution in [2.45, 2.75) is 51.6 Å². The lowest BCUT2D eigenvalue weighted by Crippen LogP contribution is -2.51. The molecule has 6 nitrogen and oxygen atoms in total. The van der Waals surface area contributed by atoms with Gasteiger partial charge in [0.25, 0.3) is 10.2 Å². The van der Waals surface area contributed by atoms with Crippen molar-refractivity contribution in [3.8, 4) is 0 Å². The van der Waals surface area contributed by atoms with Gasteiger partial charge in [-0.1, -0.05) is 13.3 Å². The maximum absolute atomic E-state index is 12.3. The smallest absolute Gasteiger partial charge is 0.279 e. The first kappa shape index (κ1) is 17.8. The van der Waals surface area contributed by atoms with E-state index in [4.69, 9.17) is 0 Å². The van der Waals surface area contributed by atoms with Crippen molar-refractivity contribution >= 4 is 10.2 Å². The molecule has 120 valence electrons. The largest absolute Gasteiger partial charge is 0.395 e. The van der Waals surface area contributed by atoms with Crippen LogP contribution >= 0.6 is 0 Å². The van der Waals surface area contributed by atoms with E-state index in [1.165, 1.54) is 4.31 Å².